The third-order valence-corrected chi connectivity index (χ3v) is 6.55. The zero-order valence-electron chi connectivity index (χ0n) is 19.4. The lowest BCUT2D eigenvalue weighted by molar-refractivity contribution is -0.278. The number of carbonyl (C=O) groups excluding carboxylic acids is 3. The number of likely N-dealkylation sites (N-methyl/N-ethyl adjacent to an activating group) is 1. The summed E-state index contributed by atoms with van der Waals surface area (Å²) in [6.45, 7) is 5.08. The largest absolute Gasteiger partial charge is 0.467 e. The minimum atomic E-state index is -1.79. The molecule has 0 aromatic heterocycles. The van der Waals surface area contributed by atoms with Crippen molar-refractivity contribution in [2.75, 3.05) is 26.7 Å². The van der Waals surface area contributed by atoms with Gasteiger partial charge in [0.15, 0.2) is 6.10 Å². The van der Waals surface area contributed by atoms with Crippen LogP contribution >= 0.6 is 0 Å². The molecule has 1 aliphatic carbocycles. The standard InChI is InChI=1S/C23H32N2O9/c1-4-25(5-2)21(30)23(13-9-7-6-8-10-13)11-14(23)12-24-22(31)34-20-17(28)15(26)16(27)18(33-20)19(29)32-3/h6-10,14-18,20,26-28H,4-5,11-12H2,1-3H3,(H,24,31). The van der Waals surface area contributed by atoms with E-state index in [1.807, 2.05) is 44.2 Å². The smallest absolute Gasteiger partial charge is 0.409 e. The van der Waals surface area contributed by atoms with Gasteiger partial charge in [0.25, 0.3) is 0 Å². The molecule has 1 saturated heterocycles. The van der Waals surface area contributed by atoms with E-state index in [-0.39, 0.29) is 18.4 Å². The molecule has 2 amide bonds. The third kappa shape index (κ3) is 4.88. The van der Waals surface area contributed by atoms with Crippen LogP contribution in [0.5, 0.6) is 0 Å². The SMILES string of the molecule is CCN(CC)C(=O)C1(c2ccccc2)CC1CNC(=O)OC1OC(C(=O)OC)C(O)C(O)C1O. The quantitative estimate of drug-likeness (QED) is 0.361. The number of carbonyl (C=O) groups is 3. The van der Waals surface area contributed by atoms with Crippen molar-refractivity contribution in [1.29, 1.82) is 0 Å². The second kappa shape index (κ2) is 10.7. The number of benzene rings is 1. The average Bonchev–Trinajstić information content (AvgIpc) is 3.59. The van der Waals surface area contributed by atoms with Crippen molar-refractivity contribution in [1.82, 2.24) is 10.2 Å². The summed E-state index contributed by atoms with van der Waals surface area (Å²) in [5.74, 6) is -1.18. The Labute approximate surface area is 197 Å². The number of ether oxygens (including phenoxy) is 3. The molecule has 2 aliphatic rings. The Morgan fingerprint density at radius 3 is 2.32 bits per heavy atom. The van der Waals surface area contributed by atoms with E-state index in [9.17, 15) is 29.7 Å². The van der Waals surface area contributed by atoms with E-state index in [1.54, 1.807) is 4.90 Å². The van der Waals surface area contributed by atoms with Crippen molar-refractivity contribution in [3.63, 3.8) is 0 Å². The minimum Gasteiger partial charge on any atom is -0.467 e. The van der Waals surface area contributed by atoms with Crippen molar-refractivity contribution in [2.45, 2.75) is 56.4 Å². The number of nitrogens with zero attached hydrogens (tertiary/aromatic N) is 1. The van der Waals surface area contributed by atoms with Crippen LogP contribution in [0.4, 0.5) is 4.79 Å². The predicted octanol–water partition coefficient (Wildman–Crippen LogP) is -0.480. The van der Waals surface area contributed by atoms with Gasteiger partial charge in [-0.15, -0.1) is 0 Å². The molecule has 7 atom stereocenters. The highest BCUT2D eigenvalue weighted by Crippen LogP contribution is 2.55. The molecular formula is C23H32N2O9. The first-order valence-corrected chi connectivity index (χ1v) is 11.3. The molecule has 0 radical (unpaired) electrons. The monoisotopic (exact) mass is 480 g/mol. The average molecular weight is 481 g/mol. The number of rotatable bonds is 8. The van der Waals surface area contributed by atoms with E-state index in [0.717, 1.165) is 12.7 Å². The summed E-state index contributed by atoms with van der Waals surface area (Å²) >= 11 is 0. The van der Waals surface area contributed by atoms with Gasteiger partial charge in [0.2, 0.25) is 12.2 Å². The van der Waals surface area contributed by atoms with E-state index in [1.165, 1.54) is 0 Å². The maximum atomic E-state index is 13.3. The number of hydrogen-bond acceptors (Lipinski definition) is 9. The molecule has 7 unspecified atom stereocenters. The summed E-state index contributed by atoms with van der Waals surface area (Å²) in [6, 6.07) is 9.39. The summed E-state index contributed by atoms with van der Waals surface area (Å²) in [4.78, 5) is 39.3. The van der Waals surface area contributed by atoms with Crippen LogP contribution < -0.4 is 5.32 Å². The van der Waals surface area contributed by atoms with Crippen molar-refractivity contribution in [3.8, 4) is 0 Å². The summed E-state index contributed by atoms with van der Waals surface area (Å²) in [7, 11) is 1.06. The van der Waals surface area contributed by atoms with Crippen LogP contribution in [-0.2, 0) is 29.2 Å². The van der Waals surface area contributed by atoms with E-state index in [0.29, 0.717) is 19.5 Å². The first kappa shape index (κ1) is 25.9. The maximum Gasteiger partial charge on any atom is 0.409 e. The first-order valence-electron chi connectivity index (χ1n) is 11.3. The third-order valence-electron chi connectivity index (χ3n) is 6.55. The lowest BCUT2D eigenvalue weighted by Crippen LogP contribution is -2.61. The van der Waals surface area contributed by atoms with Crippen LogP contribution in [0.3, 0.4) is 0 Å². The van der Waals surface area contributed by atoms with E-state index in [2.05, 4.69) is 10.1 Å². The number of hydrogen-bond donors (Lipinski definition) is 4. The Morgan fingerprint density at radius 2 is 1.74 bits per heavy atom. The van der Waals surface area contributed by atoms with Gasteiger partial charge in [0.1, 0.15) is 18.3 Å². The van der Waals surface area contributed by atoms with Gasteiger partial charge >= 0.3 is 12.1 Å². The maximum absolute atomic E-state index is 13.3. The van der Waals surface area contributed by atoms with Crippen molar-refractivity contribution in [2.24, 2.45) is 5.92 Å². The Morgan fingerprint density at radius 1 is 1.09 bits per heavy atom. The van der Waals surface area contributed by atoms with Crippen LogP contribution in [0, 0.1) is 5.92 Å². The summed E-state index contributed by atoms with van der Waals surface area (Å²) in [6.07, 6.45) is -9.11. The summed E-state index contributed by atoms with van der Waals surface area (Å²) in [5.41, 5.74) is 0.119. The van der Waals surface area contributed by atoms with Gasteiger partial charge in [-0.3, -0.25) is 4.79 Å². The second-order valence-electron chi connectivity index (χ2n) is 8.42. The molecule has 188 valence electrons. The lowest BCUT2D eigenvalue weighted by atomic mass is 9.91. The fourth-order valence-corrected chi connectivity index (χ4v) is 4.45. The highest BCUT2D eigenvalue weighted by Gasteiger charge is 2.61. The highest BCUT2D eigenvalue weighted by atomic mass is 16.7. The molecule has 3 rings (SSSR count). The van der Waals surface area contributed by atoms with Crippen molar-refractivity contribution >= 4 is 18.0 Å². The van der Waals surface area contributed by atoms with Crippen LogP contribution in [0.1, 0.15) is 25.8 Å². The van der Waals surface area contributed by atoms with E-state index >= 15 is 0 Å². The van der Waals surface area contributed by atoms with Gasteiger partial charge < -0.3 is 39.7 Å². The van der Waals surface area contributed by atoms with Gasteiger partial charge in [-0.2, -0.15) is 0 Å². The molecule has 34 heavy (non-hydrogen) atoms. The van der Waals surface area contributed by atoms with Crippen LogP contribution in [0.25, 0.3) is 0 Å². The molecule has 0 spiro atoms. The number of aliphatic hydroxyl groups excluding tert-OH is 3. The van der Waals surface area contributed by atoms with E-state index < -0.39 is 48.2 Å². The van der Waals surface area contributed by atoms with Crippen molar-refractivity contribution in [3.05, 3.63) is 35.9 Å². The van der Waals surface area contributed by atoms with Crippen molar-refractivity contribution < 1.29 is 43.9 Å². The number of esters is 1. The Kier molecular flexibility index (Phi) is 8.13. The molecule has 1 saturated carbocycles. The molecule has 0 bridgehead atoms. The first-order chi connectivity index (χ1) is 16.2. The van der Waals surface area contributed by atoms with E-state index in [4.69, 9.17) is 9.47 Å². The summed E-state index contributed by atoms with van der Waals surface area (Å²) < 4.78 is 14.7. The molecule has 1 heterocycles. The zero-order valence-corrected chi connectivity index (χ0v) is 19.4. The van der Waals surface area contributed by atoms with Gasteiger partial charge in [0.05, 0.1) is 12.5 Å². The van der Waals surface area contributed by atoms with Crippen LogP contribution in [0.2, 0.25) is 0 Å². The topological polar surface area (TPSA) is 155 Å². The normalized spacial score (nSPS) is 32.4. The zero-order chi connectivity index (χ0) is 25.0. The second-order valence-corrected chi connectivity index (χ2v) is 8.42. The van der Waals surface area contributed by atoms with Crippen LogP contribution in [0.15, 0.2) is 30.3 Å². The molecule has 2 fully saturated rings. The van der Waals surface area contributed by atoms with Gasteiger partial charge in [-0.25, -0.2) is 9.59 Å². The van der Waals surface area contributed by atoms with Gasteiger partial charge in [-0.05, 0) is 31.7 Å². The molecule has 11 nitrogen and oxygen atoms in total. The number of nitrogens with one attached hydrogen (secondary N) is 1. The molecular weight excluding hydrogens is 448 g/mol. The predicted molar refractivity (Wildman–Crippen MR) is 117 cm³/mol. The number of aliphatic hydroxyl groups is 3. The Hall–Kier alpha value is -2.73. The molecule has 1 aromatic rings. The number of alkyl carbamates (subject to hydrolysis) is 1. The molecule has 4 N–H and O–H groups in total. The summed E-state index contributed by atoms with van der Waals surface area (Å²) in [5, 5.41) is 32.6. The van der Waals surface area contributed by atoms with Gasteiger partial charge in [-0.1, -0.05) is 30.3 Å². The minimum absolute atomic E-state index is 0.00654. The fraction of sp³-hybridized carbons (Fsp3) is 0.609. The van der Waals surface area contributed by atoms with Crippen LogP contribution in [-0.4, -0.2) is 95.6 Å². The fourth-order valence-electron chi connectivity index (χ4n) is 4.45. The Bertz CT molecular complexity index is 878. The Balaban J connectivity index is 1.65. The number of methoxy groups -OCH3 is 1. The molecule has 1 aromatic carbocycles. The highest BCUT2D eigenvalue weighted by molar-refractivity contribution is 5.92. The lowest BCUT2D eigenvalue weighted by Gasteiger charge is -2.38. The number of amides is 2. The molecule has 11 heteroatoms. The van der Waals surface area contributed by atoms with Gasteiger partial charge in [0, 0.05) is 19.6 Å². The molecule has 1 aliphatic heterocycles.